The fourth-order valence-electron chi connectivity index (χ4n) is 3.12. The molecule has 0 spiro atoms. The zero-order valence-electron chi connectivity index (χ0n) is 14.9. The van der Waals surface area contributed by atoms with Crippen molar-refractivity contribution in [2.75, 3.05) is 0 Å². The summed E-state index contributed by atoms with van der Waals surface area (Å²) in [7, 11) is 0. The average Bonchev–Trinajstić information content (AvgIpc) is 3.11. The van der Waals surface area contributed by atoms with E-state index < -0.39 is 11.5 Å². The van der Waals surface area contributed by atoms with Crippen LogP contribution in [0.2, 0.25) is 10.0 Å². The molecule has 2 heterocycles. The Morgan fingerprint density at radius 2 is 1.90 bits per heavy atom. The van der Waals surface area contributed by atoms with Gasteiger partial charge in [0.2, 0.25) is 0 Å². The van der Waals surface area contributed by atoms with E-state index in [0.717, 1.165) is 16.9 Å². The van der Waals surface area contributed by atoms with Crippen LogP contribution in [-0.2, 0) is 13.0 Å². The smallest absolute Gasteiger partial charge is 0.337 e. The summed E-state index contributed by atoms with van der Waals surface area (Å²) in [4.78, 5) is 29.9. The summed E-state index contributed by atoms with van der Waals surface area (Å²) >= 11 is 13.4. The second kappa shape index (κ2) is 7.99. The molecule has 0 aliphatic heterocycles. The fourth-order valence-corrected chi connectivity index (χ4v) is 4.51. The predicted octanol–water partition coefficient (Wildman–Crippen LogP) is 5.10. The van der Waals surface area contributed by atoms with Gasteiger partial charge in [-0.25, -0.2) is 9.78 Å². The molecule has 4 aromatic rings. The van der Waals surface area contributed by atoms with Crippen LogP contribution in [0.1, 0.15) is 27.3 Å². The highest BCUT2D eigenvalue weighted by Gasteiger charge is 2.20. The highest BCUT2D eigenvalue weighted by atomic mass is 35.5. The summed E-state index contributed by atoms with van der Waals surface area (Å²) in [5.74, 6) is -0.611. The minimum Gasteiger partial charge on any atom is -0.478 e. The number of benzene rings is 2. The van der Waals surface area contributed by atoms with Crippen molar-refractivity contribution >= 4 is 50.7 Å². The molecule has 0 bridgehead atoms. The van der Waals surface area contributed by atoms with Crippen molar-refractivity contribution in [3.63, 3.8) is 0 Å². The summed E-state index contributed by atoms with van der Waals surface area (Å²) in [5.41, 5.74) is 1.25. The average molecular weight is 445 g/mol. The van der Waals surface area contributed by atoms with Gasteiger partial charge in [-0.2, -0.15) is 0 Å². The maximum Gasteiger partial charge on any atom is 0.337 e. The van der Waals surface area contributed by atoms with Crippen LogP contribution in [-0.4, -0.2) is 20.6 Å². The Balaban J connectivity index is 1.91. The van der Waals surface area contributed by atoms with Gasteiger partial charge in [0.15, 0.2) is 0 Å². The Bertz CT molecular complexity index is 1280. The lowest BCUT2D eigenvalue weighted by atomic mass is 10.1. The van der Waals surface area contributed by atoms with Gasteiger partial charge in [0.05, 0.1) is 17.5 Å². The minimum atomic E-state index is -1.15. The minimum absolute atomic E-state index is 0.0373. The molecule has 1 N–H and O–H groups in total. The standard InChI is InChI=1S/C21H14Cl2N2O3S/c22-14-7-6-13(16(23)9-14)10-25-17(8-12-4-2-1-3-5-12)24-19-18(20(25)26)15(11-29-19)21(27)28/h1-7,9,11H,8,10H2,(H,27,28). The van der Waals surface area contributed by atoms with Gasteiger partial charge < -0.3 is 5.11 Å². The molecule has 29 heavy (non-hydrogen) atoms. The van der Waals surface area contributed by atoms with Crippen molar-refractivity contribution < 1.29 is 9.90 Å². The first-order valence-electron chi connectivity index (χ1n) is 8.66. The van der Waals surface area contributed by atoms with Crippen LogP contribution in [0.3, 0.4) is 0 Å². The number of carboxylic acid groups (broad SMARTS) is 1. The van der Waals surface area contributed by atoms with Crippen LogP contribution >= 0.6 is 34.5 Å². The van der Waals surface area contributed by atoms with Crippen molar-refractivity contribution in [3.8, 4) is 0 Å². The number of fused-ring (bicyclic) bond motifs is 1. The van der Waals surface area contributed by atoms with Crippen LogP contribution in [0, 0.1) is 0 Å². The number of hydrogen-bond acceptors (Lipinski definition) is 4. The number of aromatic nitrogens is 2. The molecule has 2 aromatic heterocycles. The molecule has 5 nitrogen and oxygen atoms in total. The molecule has 0 atom stereocenters. The lowest BCUT2D eigenvalue weighted by Crippen LogP contribution is -2.26. The first kappa shape index (κ1) is 19.6. The molecule has 0 aliphatic carbocycles. The quantitative estimate of drug-likeness (QED) is 0.464. The molecular weight excluding hydrogens is 431 g/mol. The van der Waals surface area contributed by atoms with Crippen molar-refractivity contribution in [1.82, 2.24) is 9.55 Å². The molecule has 0 saturated carbocycles. The first-order chi connectivity index (χ1) is 13.9. The van der Waals surface area contributed by atoms with E-state index in [1.165, 1.54) is 9.95 Å². The summed E-state index contributed by atoms with van der Waals surface area (Å²) in [6.45, 7) is 0.162. The topological polar surface area (TPSA) is 72.2 Å². The van der Waals surface area contributed by atoms with E-state index in [1.807, 2.05) is 30.3 Å². The van der Waals surface area contributed by atoms with E-state index >= 15 is 0 Å². The lowest BCUT2D eigenvalue weighted by molar-refractivity contribution is 0.0699. The third-order valence-corrected chi connectivity index (χ3v) is 6.01. The molecule has 0 aliphatic rings. The van der Waals surface area contributed by atoms with E-state index in [4.69, 9.17) is 23.2 Å². The first-order valence-corrected chi connectivity index (χ1v) is 10.3. The molecule has 146 valence electrons. The third-order valence-electron chi connectivity index (χ3n) is 4.55. The maximum absolute atomic E-state index is 13.3. The maximum atomic E-state index is 13.3. The predicted molar refractivity (Wildman–Crippen MR) is 116 cm³/mol. The van der Waals surface area contributed by atoms with Gasteiger partial charge in [-0.3, -0.25) is 9.36 Å². The number of carboxylic acids is 1. The molecule has 0 radical (unpaired) electrons. The zero-order valence-corrected chi connectivity index (χ0v) is 17.3. The SMILES string of the molecule is O=C(O)c1csc2nc(Cc3ccccc3)n(Cc3ccc(Cl)cc3Cl)c(=O)c12. The van der Waals surface area contributed by atoms with Crippen LogP contribution in [0.25, 0.3) is 10.2 Å². The van der Waals surface area contributed by atoms with Gasteiger partial charge in [-0.05, 0) is 23.3 Å². The molecule has 0 amide bonds. The normalized spacial score (nSPS) is 11.1. The second-order valence-electron chi connectivity index (χ2n) is 6.45. The molecule has 0 fully saturated rings. The molecule has 4 rings (SSSR count). The van der Waals surface area contributed by atoms with Gasteiger partial charge >= 0.3 is 5.97 Å². The van der Waals surface area contributed by atoms with Gasteiger partial charge in [0.25, 0.3) is 5.56 Å². The Morgan fingerprint density at radius 3 is 2.59 bits per heavy atom. The summed E-state index contributed by atoms with van der Waals surface area (Å²) < 4.78 is 1.49. The van der Waals surface area contributed by atoms with Crippen molar-refractivity contribution in [2.45, 2.75) is 13.0 Å². The number of rotatable bonds is 5. The van der Waals surface area contributed by atoms with Crippen molar-refractivity contribution in [1.29, 1.82) is 0 Å². The molecule has 0 unspecified atom stereocenters. The van der Waals surface area contributed by atoms with E-state index in [2.05, 4.69) is 4.98 Å². The Hall–Kier alpha value is -2.67. The number of hydrogen-bond donors (Lipinski definition) is 1. The monoisotopic (exact) mass is 444 g/mol. The Morgan fingerprint density at radius 1 is 1.14 bits per heavy atom. The zero-order chi connectivity index (χ0) is 20.5. The molecule has 0 saturated heterocycles. The lowest BCUT2D eigenvalue weighted by Gasteiger charge is -2.14. The second-order valence-corrected chi connectivity index (χ2v) is 8.15. The Labute approximate surface area is 179 Å². The van der Waals surface area contributed by atoms with Crippen LogP contribution in [0.5, 0.6) is 0 Å². The number of halogens is 2. The largest absolute Gasteiger partial charge is 0.478 e. The van der Waals surface area contributed by atoms with Crippen LogP contribution < -0.4 is 5.56 Å². The Kier molecular flexibility index (Phi) is 5.41. The summed E-state index contributed by atoms with van der Waals surface area (Å²) in [6.07, 6.45) is 0.428. The van der Waals surface area contributed by atoms with E-state index in [-0.39, 0.29) is 17.5 Å². The van der Waals surface area contributed by atoms with E-state index in [0.29, 0.717) is 32.7 Å². The highest BCUT2D eigenvalue weighted by molar-refractivity contribution is 7.17. The number of carbonyl (C=O) groups is 1. The van der Waals surface area contributed by atoms with Gasteiger partial charge in [-0.1, -0.05) is 59.6 Å². The van der Waals surface area contributed by atoms with Crippen LogP contribution in [0.15, 0.2) is 58.7 Å². The van der Waals surface area contributed by atoms with Crippen LogP contribution in [0.4, 0.5) is 0 Å². The van der Waals surface area contributed by atoms with Gasteiger partial charge in [0, 0.05) is 21.8 Å². The summed E-state index contributed by atoms with van der Waals surface area (Å²) in [5, 5.41) is 11.9. The number of nitrogens with zero attached hydrogens (tertiary/aromatic N) is 2. The molecule has 8 heteroatoms. The molecule has 2 aromatic carbocycles. The van der Waals surface area contributed by atoms with Gasteiger partial charge in [-0.15, -0.1) is 11.3 Å². The fraction of sp³-hybridized carbons (Fsp3) is 0.0952. The molecular formula is C21H14Cl2N2O3S. The van der Waals surface area contributed by atoms with Crippen molar-refractivity contribution in [3.05, 3.63) is 96.8 Å². The van der Waals surface area contributed by atoms with Gasteiger partial charge in [0.1, 0.15) is 10.7 Å². The van der Waals surface area contributed by atoms with E-state index in [1.54, 1.807) is 18.2 Å². The van der Waals surface area contributed by atoms with E-state index in [9.17, 15) is 14.7 Å². The summed E-state index contributed by atoms with van der Waals surface area (Å²) in [6, 6.07) is 14.7. The highest BCUT2D eigenvalue weighted by Crippen LogP contribution is 2.25. The third kappa shape index (κ3) is 3.92. The van der Waals surface area contributed by atoms with Crippen molar-refractivity contribution in [2.24, 2.45) is 0 Å². The number of aromatic carboxylic acids is 1. The number of thiophene rings is 1.